The number of hydrogen-bond acceptors (Lipinski definition) is 1. The fraction of sp³-hybridized carbons (Fsp3) is 0.250. The Hall–Kier alpha value is -1.60. The van der Waals surface area contributed by atoms with E-state index in [2.05, 4.69) is 31.2 Å². The quantitative estimate of drug-likeness (QED) is 0.850. The molecule has 1 heteroatoms. The molecule has 0 fully saturated rings. The molecule has 0 radical (unpaired) electrons. The topological polar surface area (TPSA) is 20.2 Å². The molecule has 17 heavy (non-hydrogen) atoms. The van der Waals surface area contributed by atoms with Gasteiger partial charge in [0.25, 0.3) is 0 Å². The molecule has 88 valence electrons. The smallest absolute Gasteiger partial charge is 0.0646 e. The third-order valence-electron chi connectivity index (χ3n) is 3.58. The predicted octanol–water partition coefficient (Wildman–Crippen LogP) is 3.37. The Labute approximate surface area is 103 Å². The van der Waals surface area contributed by atoms with E-state index >= 15 is 0 Å². The first-order valence-electron chi connectivity index (χ1n) is 5.95. The highest BCUT2D eigenvalue weighted by Gasteiger charge is 2.33. The first kappa shape index (κ1) is 11.9. The lowest BCUT2D eigenvalue weighted by Crippen LogP contribution is -2.35. The van der Waals surface area contributed by atoms with Gasteiger partial charge in [-0.2, -0.15) is 0 Å². The summed E-state index contributed by atoms with van der Waals surface area (Å²) >= 11 is 0. The molecule has 2 aromatic carbocycles. The number of aliphatic hydroxyl groups excluding tert-OH is 1. The van der Waals surface area contributed by atoms with Gasteiger partial charge in [0.2, 0.25) is 0 Å². The van der Waals surface area contributed by atoms with Crippen LogP contribution in [0.1, 0.15) is 25.0 Å². The first-order valence-corrected chi connectivity index (χ1v) is 5.95. The molecule has 1 nitrogen and oxygen atoms in total. The van der Waals surface area contributed by atoms with E-state index in [9.17, 15) is 5.11 Å². The van der Waals surface area contributed by atoms with Gasteiger partial charge >= 0.3 is 0 Å². The molecule has 0 aliphatic carbocycles. The zero-order valence-electron chi connectivity index (χ0n) is 10.3. The number of aliphatic hydroxyl groups is 1. The SMILES string of the molecule is CC(O)C(C)(c1ccccc1)c1ccccc1. The molecule has 0 spiro atoms. The van der Waals surface area contributed by atoms with Gasteiger partial charge in [0.15, 0.2) is 0 Å². The van der Waals surface area contributed by atoms with Crippen LogP contribution in [0.5, 0.6) is 0 Å². The third kappa shape index (κ3) is 2.11. The van der Waals surface area contributed by atoms with Gasteiger partial charge in [0.05, 0.1) is 6.10 Å². The first-order chi connectivity index (χ1) is 8.15. The highest BCUT2D eigenvalue weighted by atomic mass is 16.3. The van der Waals surface area contributed by atoms with Crippen molar-refractivity contribution in [3.63, 3.8) is 0 Å². The lowest BCUT2D eigenvalue weighted by molar-refractivity contribution is 0.129. The minimum Gasteiger partial charge on any atom is -0.392 e. The van der Waals surface area contributed by atoms with Crippen LogP contribution in [0.2, 0.25) is 0 Å². The van der Waals surface area contributed by atoms with Crippen molar-refractivity contribution < 1.29 is 5.11 Å². The van der Waals surface area contributed by atoms with Crippen LogP contribution in [-0.4, -0.2) is 11.2 Å². The second-order valence-corrected chi connectivity index (χ2v) is 4.61. The summed E-state index contributed by atoms with van der Waals surface area (Å²) in [5.74, 6) is 0. The van der Waals surface area contributed by atoms with Crippen LogP contribution in [0.4, 0.5) is 0 Å². The van der Waals surface area contributed by atoms with Gasteiger partial charge in [-0.3, -0.25) is 0 Å². The molecule has 0 aliphatic heterocycles. The third-order valence-corrected chi connectivity index (χ3v) is 3.58. The Kier molecular flexibility index (Phi) is 3.30. The van der Waals surface area contributed by atoms with E-state index in [0.717, 1.165) is 11.1 Å². The lowest BCUT2D eigenvalue weighted by atomic mass is 9.72. The largest absolute Gasteiger partial charge is 0.392 e. The normalized spacial score (nSPS) is 13.4. The maximum absolute atomic E-state index is 10.2. The summed E-state index contributed by atoms with van der Waals surface area (Å²) in [4.78, 5) is 0. The summed E-state index contributed by atoms with van der Waals surface area (Å²) < 4.78 is 0. The molecule has 1 atom stereocenters. The summed E-state index contributed by atoms with van der Waals surface area (Å²) in [6, 6.07) is 20.3. The van der Waals surface area contributed by atoms with E-state index < -0.39 is 6.10 Å². The van der Waals surface area contributed by atoms with Crippen molar-refractivity contribution in [2.45, 2.75) is 25.4 Å². The summed E-state index contributed by atoms with van der Waals surface area (Å²) in [6.07, 6.45) is -0.438. The Morgan fingerprint density at radius 1 is 0.824 bits per heavy atom. The van der Waals surface area contributed by atoms with Crippen LogP contribution < -0.4 is 0 Å². The van der Waals surface area contributed by atoms with E-state index in [0.29, 0.717) is 0 Å². The van der Waals surface area contributed by atoms with Gasteiger partial charge in [-0.15, -0.1) is 0 Å². The number of rotatable bonds is 3. The minimum absolute atomic E-state index is 0.359. The lowest BCUT2D eigenvalue weighted by Gasteiger charge is -2.34. The molecule has 0 aliphatic rings. The molecule has 0 amide bonds. The molecule has 0 aromatic heterocycles. The van der Waals surface area contributed by atoms with Gasteiger partial charge < -0.3 is 5.11 Å². The summed E-state index contributed by atoms with van der Waals surface area (Å²) in [6.45, 7) is 3.93. The van der Waals surface area contributed by atoms with Crippen LogP contribution in [0.3, 0.4) is 0 Å². The second kappa shape index (κ2) is 4.72. The fourth-order valence-corrected chi connectivity index (χ4v) is 2.22. The summed E-state index contributed by atoms with van der Waals surface area (Å²) in [7, 11) is 0. The molecule has 0 heterocycles. The maximum atomic E-state index is 10.2. The van der Waals surface area contributed by atoms with Crippen LogP contribution in [0.25, 0.3) is 0 Å². The minimum atomic E-state index is -0.438. The van der Waals surface area contributed by atoms with Crippen LogP contribution in [0.15, 0.2) is 60.7 Å². The van der Waals surface area contributed by atoms with E-state index in [1.807, 2.05) is 43.3 Å². The van der Waals surface area contributed by atoms with Gasteiger partial charge in [-0.25, -0.2) is 0 Å². The van der Waals surface area contributed by atoms with Crippen LogP contribution in [0, 0.1) is 0 Å². The molecule has 0 saturated carbocycles. The number of hydrogen-bond donors (Lipinski definition) is 1. The molecule has 0 bridgehead atoms. The molecule has 1 unspecified atom stereocenters. The summed E-state index contributed by atoms with van der Waals surface area (Å²) in [5, 5.41) is 10.2. The molecule has 1 N–H and O–H groups in total. The average molecular weight is 226 g/mol. The molecular formula is C16H18O. The van der Waals surface area contributed by atoms with Crippen molar-refractivity contribution in [3.8, 4) is 0 Å². The van der Waals surface area contributed by atoms with E-state index in [-0.39, 0.29) is 5.41 Å². The van der Waals surface area contributed by atoms with Crippen LogP contribution in [-0.2, 0) is 5.41 Å². The Morgan fingerprint density at radius 3 is 1.47 bits per heavy atom. The van der Waals surface area contributed by atoms with Gasteiger partial charge in [-0.1, -0.05) is 60.7 Å². The monoisotopic (exact) mass is 226 g/mol. The van der Waals surface area contributed by atoms with Crippen molar-refractivity contribution in [1.29, 1.82) is 0 Å². The number of benzene rings is 2. The van der Waals surface area contributed by atoms with Gasteiger partial charge in [0, 0.05) is 5.41 Å². The van der Waals surface area contributed by atoms with Crippen molar-refractivity contribution >= 4 is 0 Å². The summed E-state index contributed by atoms with van der Waals surface area (Å²) in [5.41, 5.74) is 1.92. The van der Waals surface area contributed by atoms with Gasteiger partial charge in [0.1, 0.15) is 0 Å². The average Bonchev–Trinajstić information content (AvgIpc) is 2.39. The zero-order valence-corrected chi connectivity index (χ0v) is 10.3. The van der Waals surface area contributed by atoms with Gasteiger partial charge in [-0.05, 0) is 25.0 Å². The molecule has 0 saturated heterocycles. The molecule has 2 aromatic rings. The molecule has 2 rings (SSSR count). The van der Waals surface area contributed by atoms with Crippen molar-refractivity contribution in [2.24, 2.45) is 0 Å². The van der Waals surface area contributed by atoms with E-state index in [4.69, 9.17) is 0 Å². The Balaban J connectivity index is 2.55. The highest BCUT2D eigenvalue weighted by molar-refractivity contribution is 5.39. The Morgan fingerprint density at radius 2 is 1.18 bits per heavy atom. The van der Waals surface area contributed by atoms with Crippen LogP contribution >= 0.6 is 0 Å². The standard InChI is InChI=1S/C16H18O/c1-13(17)16(2,14-9-5-3-6-10-14)15-11-7-4-8-12-15/h3-13,17H,1-2H3. The van der Waals surface area contributed by atoms with Crippen molar-refractivity contribution in [3.05, 3.63) is 71.8 Å². The maximum Gasteiger partial charge on any atom is 0.0646 e. The fourth-order valence-electron chi connectivity index (χ4n) is 2.22. The predicted molar refractivity (Wildman–Crippen MR) is 71.0 cm³/mol. The van der Waals surface area contributed by atoms with E-state index in [1.54, 1.807) is 0 Å². The zero-order chi connectivity index (χ0) is 12.3. The van der Waals surface area contributed by atoms with Crippen molar-refractivity contribution in [1.82, 2.24) is 0 Å². The highest BCUT2D eigenvalue weighted by Crippen LogP contribution is 2.34. The van der Waals surface area contributed by atoms with Crippen molar-refractivity contribution in [2.75, 3.05) is 0 Å². The molecular weight excluding hydrogens is 208 g/mol. The second-order valence-electron chi connectivity index (χ2n) is 4.61. The Bertz CT molecular complexity index is 420. The van der Waals surface area contributed by atoms with E-state index in [1.165, 1.54) is 0 Å².